The van der Waals surface area contributed by atoms with Crippen molar-refractivity contribution in [2.75, 3.05) is 90.8 Å². The summed E-state index contributed by atoms with van der Waals surface area (Å²) in [7, 11) is 5.84. The molecule has 18 heteroatoms. The summed E-state index contributed by atoms with van der Waals surface area (Å²) in [5, 5.41) is 19.5. The van der Waals surface area contributed by atoms with Crippen molar-refractivity contribution in [3.63, 3.8) is 0 Å². The second-order valence-corrected chi connectivity index (χ2v) is 21.6. The van der Waals surface area contributed by atoms with Gasteiger partial charge in [-0.1, -0.05) is 73.9 Å². The van der Waals surface area contributed by atoms with Gasteiger partial charge in [0.2, 0.25) is 17.8 Å². The lowest BCUT2D eigenvalue weighted by atomic mass is 9.83. The third-order valence-electron chi connectivity index (χ3n) is 15.2. The van der Waals surface area contributed by atoms with E-state index in [2.05, 4.69) is 61.5 Å². The number of ether oxygens (including phenoxy) is 5. The number of nitrogens with zero attached hydrogens (tertiary/aromatic N) is 7. The molecule has 0 radical (unpaired) electrons. The van der Waals surface area contributed by atoms with E-state index in [4.69, 9.17) is 38.8 Å². The van der Waals surface area contributed by atoms with Crippen LogP contribution >= 0.6 is 11.3 Å². The highest BCUT2D eigenvalue weighted by molar-refractivity contribution is 7.10. The third-order valence-corrected chi connectivity index (χ3v) is 16.1. The Hall–Kier alpha value is -6.02. The molecule has 0 bridgehead atoms. The van der Waals surface area contributed by atoms with Crippen molar-refractivity contribution in [3.05, 3.63) is 101 Å². The quantitative estimate of drug-likeness (QED) is 0.0416. The topological polar surface area (TPSA) is 179 Å². The number of hydrogen-bond acceptors (Lipinski definition) is 15. The predicted molar refractivity (Wildman–Crippen MR) is 302 cm³/mol. The summed E-state index contributed by atoms with van der Waals surface area (Å²) in [6.45, 7) is 6.99. The molecule has 3 aliphatic rings. The van der Waals surface area contributed by atoms with Gasteiger partial charge < -0.3 is 49.4 Å². The fourth-order valence-electron chi connectivity index (χ4n) is 11.0. The third kappa shape index (κ3) is 14.8. The van der Waals surface area contributed by atoms with Gasteiger partial charge in [0.15, 0.2) is 0 Å². The number of nitrogens with one attached hydrogen (secondary N) is 3. The molecule has 1 saturated heterocycles. The number of fused-ring (bicyclic) bond motifs is 1. The monoisotopic (exact) mass is 1070 g/mol. The number of likely N-dealkylation sites (N-methyl/N-ethyl adjacent to an activating group) is 1. The van der Waals surface area contributed by atoms with E-state index in [1.807, 2.05) is 85.5 Å². The highest BCUT2D eigenvalue weighted by Gasteiger charge is 2.40. The van der Waals surface area contributed by atoms with E-state index in [0.29, 0.717) is 71.9 Å². The number of carbonyl (C=O) groups excluding carboxylic acids is 2. The largest absolute Gasteiger partial charge is 0.491 e. The molecule has 2 aliphatic carbocycles. The number of aromatic nitrogens is 5. The Kier molecular flexibility index (Phi) is 20.3. The first kappa shape index (κ1) is 55.7. The smallest absolute Gasteiger partial charge is 0.246 e. The van der Waals surface area contributed by atoms with Gasteiger partial charge in [-0.15, -0.1) is 11.3 Å². The predicted octanol–water partition coefficient (Wildman–Crippen LogP) is 8.94. The SMILES string of the molecule is CNC(C)C(=O)N[C@H](C(=O)N1CCC[C@H]1c1nc(-c2ccc(OCCOCCOCCOCCOC3CCC(Nc4nccc(-c5cnn(Cc6ccccc6)c5N(C)C)n4)CC3)c3ccccc23)cs1)C1CCCCC1. The molecule has 4 heterocycles. The van der Waals surface area contributed by atoms with Crippen LogP contribution in [0.3, 0.4) is 0 Å². The van der Waals surface area contributed by atoms with E-state index in [1.54, 1.807) is 18.4 Å². The van der Waals surface area contributed by atoms with Gasteiger partial charge in [0, 0.05) is 49.2 Å². The molecule has 6 aromatic rings. The van der Waals surface area contributed by atoms with Gasteiger partial charge in [-0.2, -0.15) is 5.10 Å². The van der Waals surface area contributed by atoms with E-state index < -0.39 is 6.04 Å². The number of rotatable bonds is 27. The highest BCUT2D eigenvalue weighted by Crippen LogP contribution is 2.40. The van der Waals surface area contributed by atoms with Crippen LogP contribution in [0, 0.1) is 5.92 Å². The minimum absolute atomic E-state index is 0.0217. The van der Waals surface area contributed by atoms with Crippen molar-refractivity contribution in [2.24, 2.45) is 5.92 Å². The highest BCUT2D eigenvalue weighted by atomic mass is 32.1. The molecule has 3 aromatic carbocycles. The molecule has 0 spiro atoms. The van der Waals surface area contributed by atoms with Crippen molar-refractivity contribution >= 4 is 45.7 Å². The molecule has 3 atom stereocenters. The lowest BCUT2D eigenvalue weighted by Gasteiger charge is -2.35. The van der Waals surface area contributed by atoms with Crippen molar-refractivity contribution in [1.29, 1.82) is 0 Å². The Morgan fingerprint density at radius 1 is 0.753 bits per heavy atom. The molecule has 3 N–H and O–H groups in total. The second-order valence-electron chi connectivity index (χ2n) is 20.7. The maximum atomic E-state index is 14.4. The standard InChI is InChI=1S/C59H78N10O7S/c1-41(60-2)55(70)66-54(43-16-9-6-10-17-43)58(71)68-29-13-20-52(68)56-64-51(40-77-56)47-25-26-53(48-19-12-11-18-46(47)48)76-37-35-74-33-31-72-30-32-73-34-36-75-45-23-21-44(22-24-45)63-59-61-28-27-50(65-59)49-38-62-69(57(49)67(3)4)39-42-14-7-5-8-15-42/h5,7-8,11-12,14-15,18-19,25-28,38,40-41,43-45,52,54,60H,6,9-10,13,16-17,20-24,29-37,39H2,1-4H3,(H,66,70)(H,61,63,65)/t41?,44?,45?,52-,54-/m0/s1. The van der Waals surface area contributed by atoms with Crippen molar-refractivity contribution in [3.8, 4) is 28.3 Å². The van der Waals surface area contributed by atoms with E-state index in [-0.39, 0.29) is 42.0 Å². The van der Waals surface area contributed by atoms with Crippen molar-refractivity contribution < 1.29 is 33.3 Å². The molecule has 9 rings (SSSR count). The van der Waals surface area contributed by atoms with Gasteiger partial charge in [0.25, 0.3) is 0 Å². The van der Waals surface area contributed by atoms with E-state index >= 15 is 0 Å². The van der Waals surface area contributed by atoms with Crippen LogP contribution in [0.25, 0.3) is 33.3 Å². The summed E-state index contributed by atoms with van der Waals surface area (Å²) in [4.78, 5) is 46.1. The number of hydrogen-bond donors (Lipinski definition) is 3. The lowest BCUT2D eigenvalue weighted by Crippen LogP contribution is -2.55. The Balaban J connectivity index is 0.641. The minimum Gasteiger partial charge on any atom is -0.491 e. The van der Waals surface area contributed by atoms with E-state index in [0.717, 1.165) is 114 Å². The summed E-state index contributed by atoms with van der Waals surface area (Å²) in [5.74, 6) is 2.45. The van der Waals surface area contributed by atoms with Gasteiger partial charge in [0.05, 0.1) is 94.1 Å². The Morgan fingerprint density at radius 3 is 2.21 bits per heavy atom. The number of benzene rings is 3. The summed E-state index contributed by atoms with van der Waals surface area (Å²) >= 11 is 1.60. The van der Waals surface area contributed by atoms with Crippen LogP contribution in [0.1, 0.15) is 94.2 Å². The molecule has 3 aromatic heterocycles. The van der Waals surface area contributed by atoms with Crippen LogP contribution in [-0.4, -0.2) is 146 Å². The van der Waals surface area contributed by atoms with Crippen LogP contribution in [0.4, 0.5) is 11.8 Å². The summed E-state index contributed by atoms with van der Waals surface area (Å²) in [6.07, 6.45) is 14.8. The van der Waals surface area contributed by atoms with Gasteiger partial charge >= 0.3 is 0 Å². The average Bonchev–Trinajstić information content (AvgIpc) is 4.27. The second kappa shape index (κ2) is 28.0. The zero-order valence-corrected chi connectivity index (χ0v) is 46.2. The average molecular weight is 1070 g/mol. The Morgan fingerprint density at radius 2 is 1.47 bits per heavy atom. The van der Waals surface area contributed by atoms with Gasteiger partial charge in [-0.25, -0.2) is 19.6 Å². The zero-order valence-electron chi connectivity index (χ0n) is 45.4. The first-order valence-corrected chi connectivity index (χ1v) is 28.7. The molecule has 2 saturated carbocycles. The molecule has 1 aliphatic heterocycles. The summed E-state index contributed by atoms with van der Waals surface area (Å²) in [6, 6.07) is 23.9. The maximum absolute atomic E-state index is 14.4. The van der Waals surface area contributed by atoms with Crippen LogP contribution in [0.15, 0.2) is 90.6 Å². The van der Waals surface area contributed by atoms with Gasteiger partial charge in [-0.3, -0.25) is 9.59 Å². The summed E-state index contributed by atoms with van der Waals surface area (Å²) in [5.41, 5.74) is 4.90. The molecular weight excluding hydrogens is 993 g/mol. The normalized spacial score (nSPS) is 18.8. The van der Waals surface area contributed by atoms with Crippen LogP contribution in [0.2, 0.25) is 0 Å². The minimum atomic E-state index is -0.523. The Labute approximate surface area is 457 Å². The molecule has 412 valence electrons. The summed E-state index contributed by atoms with van der Waals surface area (Å²) < 4.78 is 31.8. The van der Waals surface area contributed by atoms with E-state index in [9.17, 15) is 9.59 Å². The number of anilines is 2. The van der Waals surface area contributed by atoms with Crippen LogP contribution in [0.5, 0.6) is 5.75 Å². The molecule has 17 nitrogen and oxygen atoms in total. The number of amides is 2. The Bertz CT molecular complexity index is 2800. The van der Waals surface area contributed by atoms with E-state index in [1.165, 1.54) is 12.0 Å². The fourth-order valence-corrected chi connectivity index (χ4v) is 11.9. The molecule has 3 fully saturated rings. The first-order valence-electron chi connectivity index (χ1n) is 27.8. The number of carbonyl (C=O) groups is 2. The van der Waals surface area contributed by atoms with Crippen molar-refractivity contribution in [2.45, 2.75) is 114 Å². The lowest BCUT2D eigenvalue weighted by molar-refractivity contribution is -0.139. The molecule has 77 heavy (non-hydrogen) atoms. The molecule has 2 amide bonds. The number of thiazole rings is 1. The first-order chi connectivity index (χ1) is 37.7. The van der Waals surface area contributed by atoms with Crippen molar-refractivity contribution in [1.82, 2.24) is 40.3 Å². The van der Waals surface area contributed by atoms with Gasteiger partial charge in [0.1, 0.15) is 29.2 Å². The maximum Gasteiger partial charge on any atom is 0.246 e. The van der Waals surface area contributed by atoms with Gasteiger partial charge in [-0.05, 0) is 100 Å². The zero-order chi connectivity index (χ0) is 53.3. The fraction of sp³-hybridized carbons (Fsp3) is 0.525. The molecule has 1 unspecified atom stereocenters. The van der Waals surface area contributed by atoms with Crippen LogP contribution in [-0.2, 0) is 35.1 Å². The number of likely N-dealkylation sites (tertiary alicyclic amines) is 1. The molecular formula is C59H78N10O7S. The van der Waals surface area contributed by atoms with Crippen LogP contribution < -0.4 is 25.6 Å².